The summed E-state index contributed by atoms with van der Waals surface area (Å²) in [4.78, 5) is 0. The topological polar surface area (TPSA) is 74.6 Å². The fraction of sp³-hybridized carbons (Fsp3) is 0.895. The van der Waals surface area contributed by atoms with Crippen molar-refractivity contribution in [3.8, 4) is 0 Å². The molecule has 0 rings (SSSR count). The van der Waals surface area contributed by atoms with E-state index in [1.165, 1.54) is 96.2 Å². The van der Waals surface area contributed by atoms with E-state index in [-0.39, 0.29) is 0 Å². The van der Waals surface area contributed by atoms with Crippen LogP contribution in [0.25, 0.3) is 0 Å². The number of aliphatic hydroxyl groups excluding tert-OH is 1. The zero-order valence-corrected chi connectivity index (χ0v) is 16.7. The largest absolute Gasteiger partial charge is 0.516 e. The summed E-state index contributed by atoms with van der Waals surface area (Å²) in [5.41, 5.74) is 0. The van der Waals surface area contributed by atoms with Crippen molar-refractivity contribution in [2.45, 2.75) is 103 Å². The summed E-state index contributed by atoms with van der Waals surface area (Å²) >= 11 is 0. The Morgan fingerprint density at radius 3 is 1.29 bits per heavy atom. The number of rotatable bonds is 15. The van der Waals surface area contributed by atoms with E-state index in [1.807, 2.05) is 6.08 Å². The molecule has 0 saturated heterocycles. The van der Waals surface area contributed by atoms with Gasteiger partial charge in [0.2, 0.25) is 0 Å². The summed E-state index contributed by atoms with van der Waals surface area (Å²) in [6, 6.07) is 0. The van der Waals surface area contributed by atoms with Crippen LogP contribution in [-0.4, -0.2) is 24.3 Å². The molecule has 0 saturated carbocycles. The van der Waals surface area contributed by atoms with E-state index in [2.05, 4.69) is 6.92 Å². The Hall–Kier alpha value is -0.550. The van der Waals surface area contributed by atoms with Crippen molar-refractivity contribution in [1.82, 2.24) is 0 Å². The third-order valence-electron chi connectivity index (χ3n) is 3.83. The first-order valence-corrected chi connectivity index (χ1v) is 11.5. The summed E-state index contributed by atoms with van der Waals surface area (Å²) in [5, 5.41) is 8.49. The third kappa shape index (κ3) is 37.6. The first-order chi connectivity index (χ1) is 11.4. The van der Waals surface area contributed by atoms with E-state index < -0.39 is 10.1 Å². The van der Waals surface area contributed by atoms with Gasteiger partial charge in [-0.05, 0) is 12.8 Å². The molecule has 4 nitrogen and oxygen atoms in total. The number of unbranched alkanes of at least 4 members (excludes halogenated alkanes) is 14. The molecule has 2 N–H and O–H groups in total. The van der Waals surface area contributed by atoms with Crippen LogP contribution in [0.15, 0.2) is 12.3 Å². The van der Waals surface area contributed by atoms with Crippen LogP contribution in [0.4, 0.5) is 0 Å². The highest BCUT2D eigenvalue weighted by molar-refractivity contribution is 7.85. The van der Waals surface area contributed by atoms with E-state index in [4.69, 9.17) is 9.66 Å². The first kappa shape index (κ1) is 25.7. The Bertz CT molecular complexity index is 342. The highest BCUT2D eigenvalue weighted by atomic mass is 32.2. The molecule has 24 heavy (non-hydrogen) atoms. The van der Waals surface area contributed by atoms with Gasteiger partial charge in [0, 0.05) is 0 Å². The predicted octanol–water partition coefficient (Wildman–Crippen LogP) is 6.43. The molecule has 0 heterocycles. The standard InChI is InChI=1S/C18H36O.CH4O3S/c1-2-3-4-5-6-7-8-9-10-11-12-13-14-15-16-17-18-19;1-5(2,3)4/h17-19H,2-16H2,1H3;1H3,(H,2,3,4). The van der Waals surface area contributed by atoms with Crippen LogP contribution in [-0.2, 0) is 10.1 Å². The molecule has 0 aliphatic carbocycles. The average Bonchev–Trinajstić information content (AvgIpc) is 2.49. The summed E-state index contributed by atoms with van der Waals surface area (Å²) in [6.45, 7) is 2.28. The molecule has 0 fully saturated rings. The maximum absolute atomic E-state index is 9.19. The van der Waals surface area contributed by atoms with Crippen LogP contribution in [0.3, 0.4) is 0 Å². The average molecular weight is 365 g/mol. The molecule has 5 heteroatoms. The lowest BCUT2D eigenvalue weighted by molar-refractivity contribution is 0.469. The lowest BCUT2D eigenvalue weighted by atomic mass is 10.0. The highest BCUT2D eigenvalue weighted by Gasteiger charge is 1.93. The highest BCUT2D eigenvalue weighted by Crippen LogP contribution is 2.13. The van der Waals surface area contributed by atoms with Crippen molar-refractivity contribution in [2.75, 3.05) is 6.26 Å². The summed E-state index contributed by atoms with van der Waals surface area (Å²) < 4.78 is 25.9. The van der Waals surface area contributed by atoms with Gasteiger partial charge in [0.05, 0.1) is 12.5 Å². The second-order valence-corrected chi connectivity index (χ2v) is 7.97. The molecule has 0 aromatic carbocycles. The Morgan fingerprint density at radius 1 is 0.708 bits per heavy atom. The van der Waals surface area contributed by atoms with Crippen LogP contribution in [0.2, 0.25) is 0 Å². The number of allylic oxidation sites excluding steroid dienone is 1. The van der Waals surface area contributed by atoms with E-state index >= 15 is 0 Å². The molecule has 0 spiro atoms. The lowest BCUT2D eigenvalue weighted by Crippen LogP contribution is -1.88. The monoisotopic (exact) mass is 364 g/mol. The minimum absolute atomic E-state index is 0.715. The molecule has 0 aliphatic rings. The van der Waals surface area contributed by atoms with Crippen molar-refractivity contribution in [1.29, 1.82) is 0 Å². The molecular weight excluding hydrogens is 324 g/mol. The van der Waals surface area contributed by atoms with Gasteiger partial charge in [0.15, 0.2) is 0 Å². The van der Waals surface area contributed by atoms with E-state index in [9.17, 15) is 8.42 Å². The first-order valence-electron chi connectivity index (χ1n) is 9.63. The van der Waals surface area contributed by atoms with Gasteiger partial charge in [-0.25, -0.2) is 0 Å². The predicted molar refractivity (Wildman–Crippen MR) is 104 cm³/mol. The Labute approximate surface area is 150 Å². The van der Waals surface area contributed by atoms with Crippen molar-refractivity contribution in [2.24, 2.45) is 0 Å². The fourth-order valence-electron chi connectivity index (χ4n) is 2.53. The van der Waals surface area contributed by atoms with Crippen LogP contribution < -0.4 is 0 Å². The molecule has 146 valence electrons. The maximum Gasteiger partial charge on any atom is 0.261 e. The molecule has 0 amide bonds. The van der Waals surface area contributed by atoms with E-state index in [0.717, 1.165) is 6.42 Å². The molecule has 0 bridgehead atoms. The molecule has 0 atom stereocenters. The van der Waals surface area contributed by atoms with Gasteiger partial charge >= 0.3 is 0 Å². The minimum Gasteiger partial charge on any atom is -0.516 e. The van der Waals surface area contributed by atoms with Crippen LogP contribution >= 0.6 is 0 Å². The van der Waals surface area contributed by atoms with E-state index in [1.54, 1.807) is 0 Å². The lowest BCUT2D eigenvalue weighted by Gasteiger charge is -2.02. The zero-order valence-electron chi connectivity index (χ0n) is 15.9. The van der Waals surface area contributed by atoms with Crippen molar-refractivity contribution in [3.63, 3.8) is 0 Å². The summed E-state index contributed by atoms with van der Waals surface area (Å²) in [6.07, 6.45) is 24.4. The minimum atomic E-state index is -3.67. The Balaban J connectivity index is 0. The zero-order chi connectivity index (χ0) is 18.5. The second kappa shape index (κ2) is 20.5. The van der Waals surface area contributed by atoms with Gasteiger partial charge in [-0.1, -0.05) is 96.5 Å². The number of aliphatic hydroxyl groups is 1. The summed E-state index contributed by atoms with van der Waals surface area (Å²) in [5.74, 6) is 0. The third-order valence-corrected chi connectivity index (χ3v) is 3.83. The van der Waals surface area contributed by atoms with Gasteiger partial charge < -0.3 is 5.11 Å². The normalized spacial score (nSPS) is 11.5. The van der Waals surface area contributed by atoms with Crippen molar-refractivity contribution < 1.29 is 18.1 Å². The molecular formula is C19H40O4S. The second-order valence-electron chi connectivity index (χ2n) is 6.50. The smallest absolute Gasteiger partial charge is 0.261 e. The molecule has 0 aromatic heterocycles. The Morgan fingerprint density at radius 2 is 1.00 bits per heavy atom. The quantitative estimate of drug-likeness (QED) is 0.199. The molecule has 0 radical (unpaired) electrons. The van der Waals surface area contributed by atoms with Gasteiger partial charge in [-0.3, -0.25) is 4.55 Å². The van der Waals surface area contributed by atoms with E-state index in [0.29, 0.717) is 6.26 Å². The van der Waals surface area contributed by atoms with Gasteiger partial charge in [0.1, 0.15) is 0 Å². The van der Waals surface area contributed by atoms with Crippen LogP contribution in [0.1, 0.15) is 103 Å². The SMILES string of the molecule is CCCCCCCCCCCCCCCCC=CO.CS(=O)(=O)O. The van der Waals surface area contributed by atoms with Crippen LogP contribution in [0, 0.1) is 0 Å². The Kier molecular flexibility index (Phi) is 21.9. The fourth-order valence-corrected chi connectivity index (χ4v) is 2.53. The van der Waals surface area contributed by atoms with Crippen molar-refractivity contribution >= 4 is 10.1 Å². The van der Waals surface area contributed by atoms with Crippen molar-refractivity contribution in [3.05, 3.63) is 12.3 Å². The number of hydrogen-bond donors (Lipinski definition) is 2. The van der Waals surface area contributed by atoms with Gasteiger partial charge in [-0.15, -0.1) is 0 Å². The molecule has 0 unspecified atom stereocenters. The van der Waals surface area contributed by atoms with Gasteiger partial charge in [-0.2, -0.15) is 8.42 Å². The molecule has 0 aliphatic heterocycles. The number of hydrogen-bond acceptors (Lipinski definition) is 3. The van der Waals surface area contributed by atoms with Gasteiger partial charge in [0.25, 0.3) is 10.1 Å². The maximum atomic E-state index is 9.19. The summed E-state index contributed by atoms with van der Waals surface area (Å²) in [7, 11) is -3.67. The molecule has 0 aromatic rings. The van der Waals surface area contributed by atoms with Crippen LogP contribution in [0.5, 0.6) is 0 Å².